The Labute approximate surface area is 439 Å². The first-order valence-electron chi connectivity index (χ1n) is 23.0. The second-order valence-corrected chi connectivity index (χ2v) is 24.1. The predicted molar refractivity (Wildman–Crippen MR) is 269 cm³/mol. The Morgan fingerprint density at radius 3 is 2.36 bits per heavy atom. The van der Waals surface area contributed by atoms with E-state index in [9.17, 15) is 29.2 Å². The number of hydrogen-bond donors (Lipinski definition) is 10. The molecule has 4 saturated heterocycles. The molecule has 0 saturated carbocycles. The number of likely N-dealkylation sites (N-methyl/N-ethyl adjacent to an activating group) is 2. The van der Waals surface area contributed by atoms with Crippen molar-refractivity contribution in [1.82, 2.24) is 54.2 Å². The van der Waals surface area contributed by atoms with E-state index in [-0.39, 0.29) is 60.3 Å². The molecule has 12 atom stereocenters. The highest BCUT2D eigenvalue weighted by molar-refractivity contribution is 8.46. The van der Waals surface area contributed by atoms with Gasteiger partial charge in [-0.25, -0.2) is 29.5 Å². The lowest BCUT2D eigenvalue weighted by Crippen LogP contribution is -2.51. The van der Waals surface area contributed by atoms with Crippen LogP contribution in [-0.2, 0) is 69.8 Å². The SMILES string of the molecule is CN(CCN(C)C(=O)C12O[C@@H]3[C@H](O1)[C@@H](COP(O)(=S)O[C@H]1[C@@H](O)[C@H](n4cnc5c(N)ncnc54)O[C@@H]1COP2(=O)S)O[C@H]3n1cnc2c(=O)[nH]c(N)nc21)C(=O)OCc1ccc(NC(=O)[C@@H](N)CCCNC(N)=O)cc1. The molecule has 4 aliphatic rings. The molecule has 5 amide bonds. The third-order valence-corrected chi connectivity index (χ3v) is 17.0. The number of aromatic nitrogens is 8. The van der Waals surface area contributed by atoms with Gasteiger partial charge in [0.1, 0.15) is 55.1 Å². The van der Waals surface area contributed by atoms with Gasteiger partial charge >= 0.3 is 30.9 Å². The number of aliphatic hydroxyl groups is 1. The Balaban J connectivity index is 0.928. The first kappa shape index (κ1) is 54.8. The number of H-pyrrole nitrogens is 1. The number of benzene rings is 1. The standard InChI is InChI=1S/C40H52N16O16P2S2/c1-53(10-11-54(2)39(62)65-12-18-5-7-19(8-6-18)50-32(58)20(41)4-3-9-45-38(44)61)36(60)40-70-27-22(69-35(28(27)71-40)56-17-49-24-31(56)51-37(43)52-33(24)59)14-67-74(64,76)72-26-21(13-66-73(40,63)75)68-34(25(26)57)55-16-48-23-29(42)46-15-47-30(23)55/h5-8,15-17,20-22,25-28,34-35,57H,3-4,9-14,41H2,1-2H3,(H,50,58)(H,63,75)(H,64,76)(H2,42,46,47)(H3,44,45,61)(H3,43,51,52,59)/t20-,21+,22+,25+,26+,27+,28+,34+,35+,40?,73?,74?/m0/s1. The van der Waals surface area contributed by atoms with Gasteiger partial charge in [0, 0.05) is 39.4 Å². The van der Waals surface area contributed by atoms with E-state index in [4.69, 9.17) is 72.0 Å². The first-order valence-corrected chi connectivity index (χ1v) is 28.4. The zero-order valence-corrected chi connectivity index (χ0v) is 43.6. The van der Waals surface area contributed by atoms with Gasteiger partial charge in [-0.15, -0.1) is 0 Å². The van der Waals surface area contributed by atoms with Gasteiger partial charge in [0.15, 0.2) is 35.1 Å². The molecule has 32 nitrogen and oxygen atoms in total. The number of aliphatic hydroxyl groups excluding tert-OH is 1. The average molecular weight is 1140 g/mol. The normalized spacial score (nSPS) is 29.7. The van der Waals surface area contributed by atoms with Crippen molar-refractivity contribution in [2.24, 2.45) is 11.5 Å². The van der Waals surface area contributed by atoms with Crippen LogP contribution in [0.2, 0.25) is 0 Å². The number of ether oxygens (including phenoxy) is 5. The number of hydrogen-bond acceptors (Lipinski definition) is 24. The highest BCUT2D eigenvalue weighted by Crippen LogP contribution is 2.69. The van der Waals surface area contributed by atoms with E-state index in [0.717, 1.165) is 4.90 Å². The van der Waals surface area contributed by atoms with Crippen molar-refractivity contribution < 1.29 is 71.0 Å². The van der Waals surface area contributed by atoms with Crippen LogP contribution >= 0.6 is 25.5 Å². The van der Waals surface area contributed by atoms with Crippen LogP contribution in [0.3, 0.4) is 0 Å². The van der Waals surface area contributed by atoms with E-state index in [1.54, 1.807) is 24.3 Å². The Bertz CT molecular complexity index is 3190. The molecule has 0 spiro atoms. The molecule has 8 heterocycles. The van der Waals surface area contributed by atoms with Gasteiger partial charge in [-0.2, -0.15) is 4.98 Å². The predicted octanol–water partition coefficient (Wildman–Crippen LogP) is -1.07. The number of thiol groups is 1. The minimum Gasteiger partial charge on any atom is -0.445 e. The summed E-state index contributed by atoms with van der Waals surface area (Å²) in [6.07, 6.45) is -8.02. The number of nitrogens with one attached hydrogen (secondary N) is 3. The van der Waals surface area contributed by atoms with Crippen LogP contribution in [0.25, 0.3) is 22.3 Å². The first-order chi connectivity index (χ1) is 36.1. The van der Waals surface area contributed by atoms with Crippen molar-refractivity contribution >= 4 is 101 Å². The quantitative estimate of drug-likeness (QED) is 0.0359. The summed E-state index contributed by atoms with van der Waals surface area (Å²) in [5.41, 5.74) is 20.4. The molecule has 4 aromatic heterocycles. The fourth-order valence-corrected chi connectivity index (χ4v) is 12.3. The second kappa shape index (κ2) is 21.8. The molecule has 13 N–H and O–H groups in total. The van der Waals surface area contributed by atoms with Crippen LogP contribution in [0.1, 0.15) is 30.9 Å². The number of urea groups is 1. The van der Waals surface area contributed by atoms with E-state index < -0.39 is 117 Å². The number of aromatic amines is 1. The summed E-state index contributed by atoms with van der Waals surface area (Å²) in [6, 6.07) is 4.93. The van der Waals surface area contributed by atoms with E-state index >= 15 is 9.36 Å². The van der Waals surface area contributed by atoms with Gasteiger partial charge in [-0.05, 0) is 42.3 Å². The summed E-state index contributed by atoms with van der Waals surface area (Å²) in [4.78, 5) is 101. The Morgan fingerprint density at radius 2 is 1.62 bits per heavy atom. The lowest BCUT2D eigenvalue weighted by atomic mass is 10.1. The van der Waals surface area contributed by atoms with Crippen LogP contribution in [0.4, 0.5) is 27.0 Å². The molecule has 410 valence electrons. The van der Waals surface area contributed by atoms with Crippen molar-refractivity contribution in [3.05, 3.63) is 59.2 Å². The molecule has 9 rings (SSSR count). The van der Waals surface area contributed by atoms with Gasteiger partial charge in [-0.3, -0.25) is 37.6 Å². The fraction of sp³-hybridized carbons (Fsp3) is 0.500. The molecule has 0 aliphatic carbocycles. The smallest absolute Gasteiger partial charge is 0.409 e. The highest BCUT2D eigenvalue weighted by Gasteiger charge is 2.70. The lowest BCUT2D eigenvalue weighted by Gasteiger charge is -2.36. The number of nitrogens with zero attached hydrogens (tertiary/aromatic N) is 9. The summed E-state index contributed by atoms with van der Waals surface area (Å²) in [5, 5.41) is 16.9. The molecule has 1 aromatic carbocycles. The number of amides is 5. The van der Waals surface area contributed by atoms with Crippen molar-refractivity contribution in [3.63, 3.8) is 0 Å². The molecule has 3 unspecified atom stereocenters. The summed E-state index contributed by atoms with van der Waals surface area (Å²) in [7, 11) is 2.73. The highest BCUT2D eigenvalue weighted by atomic mass is 32.7. The molecule has 36 heteroatoms. The zero-order chi connectivity index (χ0) is 54.4. The largest absolute Gasteiger partial charge is 0.445 e. The third kappa shape index (κ3) is 11.0. The van der Waals surface area contributed by atoms with E-state index in [1.807, 2.05) is 0 Å². The maximum atomic E-state index is 15.3. The molecule has 2 bridgehead atoms. The molecule has 0 radical (unpaired) electrons. The average Bonchev–Trinajstić information content (AvgIpc) is 4.22. The van der Waals surface area contributed by atoms with E-state index in [1.165, 1.54) is 47.1 Å². The van der Waals surface area contributed by atoms with Crippen LogP contribution in [0.5, 0.6) is 0 Å². The lowest BCUT2D eigenvalue weighted by molar-refractivity contribution is -0.196. The van der Waals surface area contributed by atoms with Crippen molar-refractivity contribution in [3.8, 4) is 0 Å². The number of primary amides is 1. The summed E-state index contributed by atoms with van der Waals surface area (Å²) in [6.45, 7) is -11.1. The second-order valence-electron chi connectivity index (χ2n) is 17.8. The fourth-order valence-electron chi connectivity index (χ4n) is 8.67. The Morgan fingerprint density at radius 1 is 0.961 bits per heavy atom. The monoisotopic (exact) mass is 1140 g/mol. The number of carbonyl (C=O) groups is 4. The topological polar surface area (TPSA) is 441 Å². The van der Waals surface area contributed by atoms with Crippen molar-refractivity contribution in [1.29, 1.82) is 0 Å². The minimum absolute atomic E-state index is 0.0291. The molecular weight excluding hydrogens is 1090 g/mol. The molecular formula is C40H52N16O16P2S2. The third-order valence-electron chi connectivity index (χ3n) is 12.6. The maximum Gasteiger partial charge on any atom is 0.409 e. The van der Waals surface area contributed by atoms with Gasteiger partial charge in [0.05, 0.1) is 31.9 Å². The zero-order valence-electron chi connectivity index (χ0n) is 40.1. The van der Waals surface area contributed by atoms with Gasteiger partial charge in [-0.1, -0.05) is 24.4 Å². The summed E-state index contributed by atoms with van der Waals surface area (Å²) < 4.78 is 66.6. The number of nitrogens with two attached hydrogens (primary N) is 4. The number of nitrogen functional groups attached to an aromatic ring is 2. The molecule has 4 aliphatic heterocycles. The Hall–Kier alpha value is -5.97. The number of anilines is 3. The molecule has 5 aromatic rings. The van der Waals surface area contributed by atoms with Crippen molar-refractivity contribution in [2.75, 3.05) is 63.7 Å². The van der Waals surface area contributed by atoms with Crippen molar-refractivity contribution in [2.45, 2.75) is 80.1 Å². The van der Waals surface area contributed by atoms with Crippen LogP contribution in [0.15, 0.2) is 48.0 Å². The number of fused-ring (bicyclic) bond motifs is 4. The molecule has 76 heavy (non-hydrogen) atoms. The maximum absolute atomic E-state index is 15.3. The summed E-state index contributed by atoms with van der Waals surface area (Å²) in [5.74, 6) is -1.79. The van der Waals surface area contributed by atoms with Gasteiger partial charge < -0.3 is 86.1 Å². The van der Waals surface area contributed by atoms with Crippen LogP contribution in [0, 0.1) is 0 Å². The van der Waals surface area contributed by atoms with Gasteiger partial charge in [0.25, 0.3) is 11.5 Å². The van der Waals surface area contributed by atoms with Gasteiger partial charge in [0.2, 0.25) is 11.9 Å². The van der Waals surface area contributed by atoms with Crippen LogP contribution < -0.4 is 39.1 Å². The van der Waals surface area contributed by atoms with Crippen LogP contribution in [-0.4, -0.2) is 178 Å². The van der Waals surface area contributed by atoms with E-state index in [2.05, 4.69) is 52.8 Å². The molecule has 4 fully saturated rings. The Kier molecular flexibility index (Phi) is 15.7. The number of carbonyl (C=O) groups excluding carboxylic acids is 4. The number of rotatable bonds is 14. The number of imidazole rings is 2. The van der Waals surface area contributed by atoms with E-state index in [0.29, 0.717) is 24.1 Å². The summed E-state index contributed by atoms with van der Waals surface area (Å²) >= 11 is 9.90. The minimum atomic E-state index is -4.98.